The number of nitrogens with one attached hydrogen (secondary N) is 1. The van der Waals surface area contributed by atoms with E-state index in [1.54, 1.807) is 7.11 Å². The molecule has 0 aliphatic carbocycles. The standard InChI is InChI=1S/C27H35NO4S/c1-17(2)31-21-11-10-19(16-22(21)30-5)25(29)24-26(32-18(3)4)20-8-6-7-9-23(20)33-27(24)12-14-28-15-13-27/h6-11,16-18,24,26,28H,12-15H2,1-5H3. The number of rotatable bonds is 7. The molecule has 178 valence electrons. The molecule has 2 aromatic rings. The Morgan fingerprint density at radius 1 is 1.03 bits per heavy atom. The number of hydrogen-bond acceptors (Lipinski definition) is 6. The van der Waals surface area contributed by atoms with Crippen molar-refractivity contribution in [2.75, 3.05) is 20.2 Å². The molecule has 0 radical (unpaired) electrons. The molecule has 5 nitrogen and oxygen atoms in total. The normalized spacial score (nSPS) is 21.8. The molecule has 0 saturated carbocycles. The second kappa shape index (κ2) is 10.1. The summed E-state index contributed by atoms with van der Waals surface area (Å²) < 4.78 is 17.8. The third kappa shape index (κ3) is 4.93. The zero-order chi connectivity index (χ0) is 23.6. The molecular weight excluding hydrogens is 434 g/mol. The molecule has 33 heavy (non-hydrogen) atoms. The number of methoxy groups -OCH3 is 1. The smallest absolute Gasteiger partial charge is 0.170 e. The van der Waals surface area contributed by atoms with Gasteiger partial charge in [0, 0.05) is 15.2 Å². The van der Waals surface area contributed by atoms with E-state index in [0.717, 1.165) is 31.5 Å². The molecule has 1 fully saturated rings. The van der Waals surface area contributed by atoms with Crippen molar-refractivity contribution < 1.29 is 19.0 Å². The first-order valence-corrected chi connectivity index (χ1v) is 12.7. The average molecular weight is 470 g/mol. The quantitative estimate of drug-likeness (QED) is 0.527. The molecule has 0 bridgehead atoms. The van der Waals surface area contributed by atoms with Crippen LogP contribution in [0, 0.1) is 5.92 Å². The Hall–Kier alpha value is -2.02. The van der Waals surface area contributed by atoms with Gasteiger partial charge in [0.2, 0.25) is 0 Å². The fraction of sp³-hybridized carbons (Fsp3) is 0.519. The molecule has 2 heterocycles. The second-order valence-electron chi connectivity index (χ2n) is 9.43. The summed E-state index contributed by atoms with van der Waals surface area (Å²) in [6.07, 6.45) is 1.59. The molecule has 2 aromatic carbocycles. The molecule has 2 unspecified atom stereocenters. The zero-order valence-corrected chi connectivity index (χ0v) is 21.0. The van der Waals surface area contributed by atoms with Gasteiger partial charge in [-0.25, -0.2) is 0 Å². The van der Waals surface area contributed by atoms with Gasteiger partial charge in [-0.3, -0.25) is 4.79 Å². The van der Waals surface area contributed by atoms with E-state index >= 15 is 0 Å². The van der Waals surface area contributed by atoms with Gasteiger partial charge in [-0.2, -0.15) is 0 Å². The van der Waals surface area contributed by atoms with Crippen molar-refractivity contribution in [1.82, 2.24) is 5.32 Å². The summed E-state index contributed by atoms with van der Waals surface area (Å²) in [6.45, 7) is 9.84. The van der Waals surface area contributed by atoms with Gasteiger partial charge in [-0.1, -0.05) is 18.2 Å². The van der Waals surface area contributed by atoms with Gasteiger partial charge in [-0.15, -0.1) is 11.8 Å². The van der Waals surface area contributed by atoms with Crippen molar-refractivity contribution in [1.29, 1.82) is 0 Å². The highest BCUT2D eigenvalue weighted by Crippen LogP contribution is 2.57. The minimum absolute atomic E-state index is 0.0107. The van der Waals surface area contributed by atoms with Crippen molar-refractivity contribution in [3.63, 3.8) is 0 Å². The van der Waals surface area contributed by atoms with Crippen LogP contribution in [-0.4, -0.2) is 42.9 Å². The molecule has 1 N–H and O–H groups in total. The highest BCUT2D eigenvalue weighted by atomic mass is 32.2. The molecule has 0 aromatic heterocycles. The number of fused-ring (bicyclic) bond motifs is 1. The van der Waals surface area contributed by atoms with Crippen molar-refractivity contribution in [2.24, 2.45) is 5.92 Å². The highest BCUT2D eigenvalue weighted by molar-refractivity contribution is 8.00. The number of carbonyl (C=O) groups is 1. The summed E-state index contributed by atoms with van der Waals surface area (Å²) in [6, 6.07) is 13.9. The van der Waals surface area contributed by atoms with Crippen LogP contribution in [0.3, 0.4) is 0 Å². The average Bonchev–Trinajstić information content (AvgIpc) is 2.79. The Labute approximate surface area is 201 Å². The SMILES string of the molecule is COc1cc(C(=O)C2C(OC(C)C)c3ccccc3SC23CCNCC3)ccc1OC(C)C. The van der Waals surface area contributed by atoms with Crippen LogP contribution in [0.5, 0.6) is 11.5 Å². The van der Waals surface area contributed by atoms with Gasteiger partial charge in [0.1, 0.15) is 0 Å². The third-order valence-electron chi connectivity index (χ3n) is 6.37. The number of benzene rings is 2. The highest BCUT2D eigenvalue weighted by Gasteiger charge is 2.53. The first kappa shape index (κ1) is 24.1. The van der Waals surface area contributed by atoms with Crippen LogP contribution in [0.2, 0.25) is 0 Å². The van der Waals surface area contributed by atoms with E-state index in [4.69, 9.17) is 14.2 Å². The Balaban J connectivity index is 1.80. The number of hydrogen-bond donors (Lipinski definition) is 1. The fourth-order valence-electron chi connectivity index (χ4n) is 4.98. The lowest BCUT2D eigenvalue weighted by Crippen LogP contribution is -2.52. The van der Waals surface area contributed by atoms with Crippen molar-refractivity contribution in [3.05, 3.63) is 53.6 Å². The number of thioether (sulfide) groups is 1. The monoisotopic (exact) mass is 469 g/mol. The molecule has 2 atom stereocenters. The van der Waals surface area contributed by atoms with Crippen LogP contribution in [0.1, 0.15) is 62.6 Å². The summed E-state index contributed by atoms with van der Waals surface area (Å²) >= 11 is 1.87. The Morgan fingerprint density at radius 3 is 2.42 bits per heavy atom. The predicted molar refractivity (Wildman–Crippen MR) is 133 cm³/mol. The summed E-state index contributed by atoms with van der Waals surface area (Å²) in [5.74, 6) is 1.06. The van der Waals surface area contributed by atoms with Crippen LogP contribution >= 0.6 is 11.8 Å². The lowest BCUT2D eigenvalue weighted by molar-refractivity contribution is -0.0371. The van der Waals surface area contributed by atoms with E-state index in [9.17, 15) is 4.79 Å². The molecule has 2 aliphatic heterocycles. The van der Waals surface area contributed by atoms with Gasteiger partial charge >= 0.3 is 0 Å². The molecule has 1 spiro atoms. The summed E-state index contributed by atoms with van der Waals surface area (Å²) in [5.41, 5.74) is 1.76. The van der Waals surface area contributed by atoms with Crippen molar-refractivity contribution >= 4 is 17.5 Å². The number of ketones is 1. The van der Waals surface area contributed by atoms with E-state index in [-0.39, 0.29) is 34.8 Å². The van der Waals surface area contributed by atoms with Gasteiger partial charge in [-0.05, 0) is 83.5 Å². The first-order chi connectivity index (χ1) is 15.8. The summed E-state index contributed by atoms with van der Waals surface area (Å²) in [7, 11) is 1.61. The molecule has 2 aliphatic rings. The minimum Gasteiger partial charge on any atom is -0.493 e. The molecule has 1 saturated heterocycles. The van der Waals surface area contributed by atoms with Crippen LogP contribution in [0.25, 0.3) is 0 Å². The second-order valence-corrected chi connectivity index (χ2v) is 10.9. The summed E-state index contributed by atoms with van der Waals surface area (Å²) in [4.78, 5) is 15.5. The maximum Gasteiger partial charge on any atom is 0.170 e. The molecule has 6 heteroatoms. The number of ether oxygens (including phenoxy) is 3. The predicted octanol–water partition coefficient (Wildman–Crippen LogP) is 5.68. The summed E-state index contributed by atoms with van der Waals surface area (Å²) in [5, 5.41) is 3.48. The largest absolute Gasteiger partial charge is 0.493 e. The van der Waals surface area contributed by atoms with Crippen LogP contribution in [-0.2, 0) is 4.74 Å². The van der Waals surface area contributed by atoms with Crippen molar-refractivity contribution in [3.8, 4) is 11.5 Å². The molecule has 0 amide bonds. The van der Waals surface area contributed by atoms with E-state index in [2.05, 4.69) is 23.5 Å². The van der Waals surface area contributed by atoms with Gasteiger partial charge in [0.15, 0.2) is 17.3 Å². The maximum absolute atomic E-state index is 14.3. The number of Topliss-reactive ketones (excluding diaryl/α,β-unsaturated/α-hetero) is 1. The Morgan fingerprint density at radius 2 is 1.76 bits per heavy atom. The first-order valence-electron chi connectivity index (χ1n) is 11.9. The third-order valence-corrected chi connectivity index (χ3v) is 8.03. The lowest BCUT2D eigenvalue weighted by Gasteiger charge is -2.49. The molecule has 4 rings (SSSR count). The zero-order valence-electron chi connectivity index (χ0n) is 20.2. The number of piperidine rings is 1. The molecular formula is C27H35NO4S. The van der Waals surface area contributed by atoms with E-state index < -0.39 is 0 Å². The van der Waals surface area contributed by atoms with Crippen LogP contribution in [0.4, 0.5) is 0 Å². The number of carbonyl (C=O) groups excluding carboxylic acids is 1. The van der Waals surface area contributed by atoms with Crippen molar-refractivity contribution in [2.45, 2.75) is 68.5 Å². The van der Waals surface area contributed by atoms with E-state index in [1.807, 2.05) is 63.7 Å². The van der Waals surface area contributed by atoms with Crippen LogP contribution < -0.4 is 14.8 Å². The van der Waals surface area contributed by atoms with Gasteiger partial charge < -0.3 is 19.5 Å². The Kier molecular flexibility index (Phi) is 7.37. The van der Waals surface area contributed by atoms with Gasteiger partial charge in [0.05, 0.1) is 31.3 Å². The maximum atomic E-state index is 14.3. The Bertz CT molecular complexity index is 984. The van der Waals surface area contributed by atoms with E-state index in [0.29, 0.717) is 17.1 Å². The lowest BCUT2D eigenvalue weighted by atomic mass is 9.73. The minimum atomic E-state index is -0.288. The van der Waals surface area contributed by atoms with Gasteiger partial charge in [0.25, 0.3) is 0 Å². The van der Waals surface area contributed by atoms with Crippen LogP contribution in [0.15, 0.2) is 47.4 Å². The van der Waals surface area contributed by atoms with E-state index in [1.165, 1.54) is 4.90 Å². The topological polar surface area (TPSA) is 56.8 Å². The fourth-order valence-corrected chi connectivity index (χ4v) is 6.64.